The minimum absolute atomic E-state index is 0.0660. The molecule has 3 aliphatic rings. The third kappa shape index (κ3) is 3.57. The number of hydrogen-bond acceptors (Lipinski definition) is 6. The number of carbonyl (C=O) groups is 2. The second-order valence-electron chi connectivity index (χ2n) is 7.46. The van der Waals surface area contributed by atoms with Crippen molar-refractivity contribution in [1.82, 2.24) is 20.1 Å². The van der Waals surface area contributed by atoms with Crippen LogP contribution in [0.25, 0.3) is 0 Å². The van der Waals surface area contributed by atoms with Gasteiger partial charge in [0, 0.05) is 45.8 Å². The fourth-order valence-electron chi connectivity index (χ4n) is 4.17. The van der Waals surface area contributed by atoms with E-state index in [0.29, 0.717) is 13.0 Å². The van der Waals surface area contributed by atoms with Gasteiger partial charge in [0.25, 0.3) is 0 Å². The van der Waals surface area contributed by atoms with E-state index in [2.05, 4.69) is 15.2 Å². The zero-order valence-corrected chi connectivity index (χ0v) is 16.1. The average Bonchev–Trinajstić information content (AvgIpc) is 3.42. The third-order valence-corrected chi connectivity index (χ3v) is 6.68. The van der Waals surface area contributed by atoms with E-state index in [1.165, 1.54) is 5.00 Å². The molecule has 0 aromatic carbocycles. The average molecular weight is 378 g/mol. The van der Waals surface area contributed by atoms with Gasteiger partial charge in [0.05, 0.1) is 23.2 Å². The van der Waals surface area contributed by atoms with Crippen molar-refractivity contribution in [2.45, 2.75) is 32.2 Å². The molecule has 0 unspecified atom stereocenters. The number of nitrogens with zero attached hydrogens (tertiary/aromatic N) is 4. The normalized spacial score (nSPS) is 26.6. The van der Waals surface area contributed by atoms with Crippen molar-refractivity contribution in [1.29, 1.82) is 0 Å². The SMILES string of the molecule is Cc1ncc(N2CCN(C(=O)[C@@H]3CN[C@H](C(=O)N4CCCC4)C3)CC2)s1. The Bertz CT molecular complexity index is 664. The monoisotopic (exact) mass is 377 g/mol. The molecule has 3 saturated heterocycles. The highest BCUT2D eigenvalue weighted by molar-refractivity contribution is 7.15. The molecule has 0 bridgehead atoms. The van der Waals surface area contributed by atoms with Crippen LogP contribution < -0.4 is 10.2 Å². The summed E-state index contributed by atoms with van der Waals surface area (Å²) in [6, 6.07) is -0.177. The smallest absolute Gasteiger partial charge is 0.239 e. The first kappa shape index (κ1) is 17.7. The lowest BCUT2D eigenvalue weighted by Crippen LogP contribution is -2.50. The number of carbonyl (C=O) groups excluding carboxylic acids is 2. The predicted octanol–water partition coefficient (Wildman–Crippen LogP) is 0.701. The molecule has 8 heteroatoms. The van der Waals surface area contributed by atoms with Crippen LogP contribution in [0, 0.1) is 12.8 Å². The second kappa shape index (κ2) is 7.52. The number of piperazine rings is 1. The van der Waals surface area contributed by atoms with E-state index in [1.807, 2.05) is 22.9 Å². The number of amides is 2. The molecule has 2 amide bonds. The summed E-state index contributed by atoms with van der Waals surface area (Å²) in [7, 11) is 0. The lowest BCUT2D eigenvalue weighted by Gasteiger charge is -2.36. The fourth-order valence-corrected chi connectivity index (χ4v) is 5.00. The first-order chi connectivity index (χ1) is 12.6. The molecular weight excluding hydrogens is 350 g/mol. The number of rotatable bonds is 3. The Hall–Kier alpha value is -1.67. The summed E-state index contributed by atoms with van der Waals surface area (Å²) in [5, 5.41) is 5.55. The Balaban J connectivity index is 1.28. The van der Waals surface area contributed by atoms with E-state index in [4.69, 9.17) is 0 Å². The maximum absolute atomic E-state index is 12.9. The highest BCUT2D eigenvalue weighted by Gasteiger charge is 2.38. The quantitative estimate of drug-likeness (QED) is 0.840. The maximum Gasteiger partial charge on any atom is 0.239 e. The molecule has 4 heterocycles. The summed E-state index contributed by atoms with van der Waals surface area (Å²) in [6.07, 6.45) is 4.77. The molecule has 1 aromatic heterocycles. The number of aryl methyl sites for hydroxylation is 1. The second-order valence-corrected chi connectivity index (χ2v) is 8.67. The number of aromatic nitrogens is 1. The van der Waals surface area contributed by atoms with Crippen LogP contribution >= 0.6 is 11.3 Å². The topological polar surface area (TPSA) is 68.8 Å². The van der Waals surface area contributed by atoms with Crippen LogP contribution in [-0.2, 0) is 9.59 Å². The molecule has 142 valence electrons. The molecule has 0 spiro atoms. The molecule has 3 fully saturated rings. The van der Waals surface area contributed by atoms with Gasteiger partial charge in [0.1, 0.15) is 5.00 Å². The summed E-state index contributed by atoms with van der Waals surface area (Å²) >= 11 is 1.70. The van der Waals surface area contributed by atoms with Crippen LogP contribution in [0.15, 0.2) is 6.20 Å². The van der Waals surface area contributed by atoms with Gasteiger partial charge in [-0.15, -0.1) is 11.3 Å². The molecule has 0 aliphatic carbocycles. The van der Waals surface area contributed by atoms with Gasteiger partial charge in [-0.3, -0.25) is 9.59 Å². The molecule has 7 nitrogen and oxygen atoms in total. The maximum atomic E-state index is 12.9. The molecule has 0 radical (unpaired) electrons. The summed E-state index contributed by atoms with van der Waals surface area (Å²) in [5.41, 5.74) is 0. The van der Waals surface area contributed by atoms with Crippen molar-refractivity contribution >= 4 is 28.2 Å². The highest BCUT2D eigenvalue weighted by atomic mass is 32.1. The molecule has 26 heavy (non-hydrogen) atoms. The standard InChI is InChI=1S/C18H27N5O2S/c1-13-19-12-16(26-13)21-6-8-23(9-7-21)17(24)14-10-15(20-11-14)18(25)22-4-2-3-5-22/h12,14-15,20H,2-11H2,1H3/t14-,15-/m0/s1. The van der Waals surface area contributed by atoms with E-state index < -0.39 is 0 Å². The molecule has 3 aliphatic heterocycles. The number of nitrogens with one attached hydrogen (secondary N) is 1. The van der Waals surface area contributed by atoms with Crippen LogP contribution in [-0.4, -0.2) is 78.5 Å². The van der Waals surface area contributed by atoms with Crippen molar-refractivity contribution in [3.05, 3.63) is 11.2 Å². The number of anilines is 1. The van der Waals surface area contributed by atoms with E-state index in [-0.39, 0.29) is 23.8 Å². The molecule has 4 rings (SSSR count). The Morgan fingerprint density at radius 3 is 2.42 bits per heavy atom. The molecule has 1 N–H and O–H groups in total. The van der Waals surface area contributed by atoms with Gasteiger partial charge in [-0.25, -0.2) is 4.98 Å². The van der Waals surface area contributed by atoms with Crippen LogP contribution in [0.2, 0.25) is 0 Å². The Morgan fingerprint density at radius 1 is 1.08 bits per heavy atom. The largest absolute Gasteiger partial charge is 0.359 e. The van der Waals surface area contributed by atoms with E-state index in [1.54, 1.807) is 11.3 Å². The summed E-state index contributed by atoms with van der Waals surface area (Å²) < 4.78 is 0. The van der Waals surface area contributed by atoms with Gasteiger partial charge in [-0.2, -0.15) is 0 Å². The fraction of sp³-hybridized carbons (Fsp3) is 0.722. The minimum atomic E-state index is -0.177. The van der Waals surface area contributed by atoms with E-state index >= 15 is 0 Å². The molecule has 2 atom stereocenters. The van der Waals surface area contributed by atoms with Gasteiger partial charge in [0.2, 0.25) is 11.8 Å². The molecule has 0 saturated carbocycles. The molecule has 1 aromatic rings. The number of hydrogen-bond donors (Lipinski definition) is 1. The van der Waals surface area contributed by atoms with Crippen LogP contribution in [0.3, 0.4) is 0 Å². The number of likely N-dealkylation sites (tertiary alicyclic amines) is 1. The summed E-state index contributed by atoms with van der Waals surface area (Å²) in [4.78, 5) is 35.9. The van der Waals surface area contributed by atoms with Crippen LogP contribution in [0.5, 0.6) is 0 Å². The van der Waals surface area contributed by atoms with Gasteiger partial charge >= 0.3 is 0 Å². The van der Waals surface area contributed by atoms with Gasteiger partial charge in [-0.1, -0.05) is 0 Å². The van der Waals surface area contributed by atoms with Crippen molar-refractivity contribution < 1.29 is 9.59 Å². The lowest BCUT2D eigenvalue weighted by molar-refractivity contribution is -0.135. The summed E-state index contributed by atoms with van der Waals surface area (Å²) in [5.74, 6) is 0.321. The van der Waals surface area contributed by atoms with Crippen molar-refractivity contribution in [2.24, 2.45) is 5.92 Å². The first-order valence-corrected chi connectivity index (χ1v) is 10.4. The first-order valence-electron chi connectivity index (χ1n) is 9.60. The van der Waals surface area contributed by atoms with Crippen LogP contribution in [0.4, 0.5) is 5.00 Å². The number of thiazole rings is 1. The van der Waals surface area contributed by atoms with Gasteiger partial charge in [0.15, 0.2) is 0 Å². The van der Waals surface area contributed by atoms with E-state index in [0.717, 1.165) is 57.1 Å². The highest BCUT2D eigenvalue weighted by Crippen LogP contribution is 2.25. The van der Waals surface area contributed by atoms with Gasteiger partial charge < -0.3 is 20.0 Å². The van der Waals surface area contributed by atoms with Crippen molar-refractivity contribution in [2.75, 3.05) is 50.7 Å². The zero-order chi connectivity index (χ0) is 18.1. The Labute approximate surface area is 158 Å². The minimum Gasteiger partial charge on any atom is -0.359 e. The Kier molecular flexibility index (Phi) is 5.13. The summed E-state index contributed by atoms with van der Waals surface area (Å²) in [6.45, 7) is 7.57. The molecular formula is C18H27N5O2S. The Morgan fingerprint density at radius 2 is 1.77 bits per heavy atom. The van der Waals surface area contributed by atoms with Gasteiger partial charge in [-0.05, 0) is 26.2 Å². The lowest BCUT2D eigenvalue weighted by atomic mass is 10.0. The third-order valence-electron chi connectivity index (χ3n) is 5.71. The van der Waals surface area contributed by atoms with Crippen LogP contribution in [0.1, 0.15) is 24.3 Å². The van der Waals surface area contributed by atoms with E-state index in [9.17, 15) is 9.59 Å². The predicted molar refractivity (Wildman–Crippen MR) is 101 cm³/mol. The zero-order valence-electron chi connectivity index (χ0n) is 15.3. The van der Waals surface area contributed by atoms with Crippen molar-refractivity contribution in [3.63, 3.8) is 0 Å². The van der Waals surface area contributed by atoms with Crippen molar-refractivity contribution in [3.8, 4) is 0 Å².